The molecule has 0 bridgehead atoms. The SMILES string of the molecule is CC(C)c1ncc(Cl)c(C(=O)Nc2cc(F)ccc2Br)n1. The van der Waals surface area contributed by atoms with Gasteiger partial charge in [0.05, 0.1) is 16.9 Å². The molecule has 0 aliphatic rings. The van der Waals surface area contributed by atoms with Crippen molar-refractivity contribution >= 4 is 39.1 Å². The highest BCUT2D eigenvalue weighted by Crippen LogP contribution is 2.24. The lowest BCUT2D eigenvalue weighted by molar-refractivity contribution is 0.102. The number of halogens is 3. The maximum atomic E-state index is 13.2. The molecule has 1 aromatic heterocycles. The number of anilines is 1. The topological polar surface area (TPSA) is 54.9 Å². The second-order valence-electron chi connectivity index (χ2n) is 4.66. The molecule has 0 saturated heterocycles. The van der Waals surface area contributed by atoms with Crippen LogP contribution in [0.25, 0.3) is 0 Å². The van der Waals surface area contributed by atoms with E-state index in [2.05, 4.69) is 31.2 Å². The molecule has 0 fully saturated rings. The Kier molecular flexibility index (Phi) is 4.90. The van der Waals surface area contributed by atoms with Crippen LogP contribution in [-0.2, 0) is 0 Å². The Balaban J connectivity index is 2.32. The zero-order chi connectivity index (χ0) is 15.6. The predicted molar refractivity (Wildman–Crippen MR) is 83.2 cm³/mol. The first-order valence-corrected chi connectivity index (χ1v) is 7.34. The van der Waals surface area contributed by atoms with Gasteiger partial charge in [-0.05, 0) is 34.1 Å². The summed E-state index contributed by atoms with van der Waals surface area (Å²) in [4.78, 5) is 20.5. The fraction of sp³-hybridized carbons (Fsp3) is 0.214. The number of hydrogen-bond acceptors (Lipinski definition) is 3. The molecule has 4 nitrogen and oxygen atoms in total. The molecule has 2 rings (SSSR count). The average Bonchev–Trinajstić information content (AvgIpc) is 2.43. The van der Waals surface area contributed by atoms with E-state index in [1.165, 1.54) is 24.4 Å². The van der Waals surface area contributed by atoms with Crippen molar-refractivity contribution in [2.45, 2.75) is 19.8 Å². The summed E-state index contributed by atoms with van der Waals surface area (Å²) in [5.41, 5.74) is 0.368. The molecule has 110 valence electrons. The highest BCUT2D eigenvalue weighted by atomic mass is 79.9. The summed E-state index contributed by atoms with van der Waals surface area (Å²) in [7, 11) is 0. The minimum absolute atomic E-state index is 0.0616. The summed E-state index contributed by atoms with van der Waals surface area (Å²) >= 11 is 9.20. The fourth-order valence-electron chi connectivity index (χ4n) is 1.59. The van der Waals surface area contributed by atoms with Crippen LogP contribution in [0, 0.1) is 5.82 Å². The molecule has 0 radical (unpaired) electrons. The number of carbonyl (C=O) groups excluding carboxylic acids is 1. The number of hydrogen-bond donors (Lipinski definition) is 1. The molecule has 0 saturated carbocycles. The van der Waals surface area contributed by atoms with Crippen molar-refractivity contribution in [3.05, 3.63) is 51.2 Å². The molecule has 21 heavy (non-hydrogen) atoms. The van der Waals surface area contributed by atoms with Crippen LogP contribution in [0.5, 0.6) is 0 Å². The molecule has 0 atom stereocenters. The number of nitrogens with zero attached hydrogens (tertiary/aromatic N) is 2. The van der Waals surface area contributed by atoms with Gasteiger partial charge in [0, 0.05) is 10.4 Å². The Labute approximate surface area is 134 Å². The Morgan fingerprint density at radius 1 is 1.43 bits per heavy atom. The molecular formula is C14H12BrClFN3O. The van der Waals surface area contributed by atoms with Gasteiger partial charge in [0.1, 0.15) is 11.6 Å². The summed E-state index contributed by atoms with van der Waals surface area (Å²) in [5, 5.41) is 2.72. The minimum Gasteiger partial charge on any atom is -0.319 e. The largest absolute Gasteiger partial charge is 0.319 e. The van der Waals surface area contributed by atoms with E-state index >= 15 is 0 Å². The summed E-state index contributed by atoms with van der Waals surface area (Å²) < 4.78 is 13.8. The maximum Gasteiger partial charge on any atom is 0.275 e. The van der Waals surface area contributed by atoms with E-state index in [0.29, 0.717) is 16.0 Å². The van der Waals surface area contributed by atoms with Gasteiger partial charge in [-0.3, -0.25) is 4.79 Å². The van der Waals surface area contributed by atoms with Crippen molar-refractivity contribution in [1.82, 2.24) is 9.97 Å². The lowest BCUT2D eigenvalue weighted by Gasteiger charge is -2.10. The van der Waals surface area contributed by atoms with Crippen LogP contribution in [0.2, 0.25) is 5.02 Å². The maximum absolute atomic E-state index is 13.2. The lowest BCUT2D eigenvalue weighted by atomic mass is 10.2. The van der Waals surface area contributed by atoms with Gasteiger partial charge in [0.15, 0.2) is 5.69 Å². The number of amides is 1. The van der Waals surface area contributed by atoms with E-state index < -0.39 is 11.7 Å². The molecular weight excluding hydrogens is 361 g/mol. The van der Waals surface area contributed by atoms with Crippen LogP contribution in [0.1, 0.15) is 36.1 Å². The summed E-state index contributed by atoms with van der Waals surface area (Å²) in [6, 6.07) is 4.00. The highest BCUT2D eigenvalue weighted by molar-refractivity contribution is 9.10. The normalized spacial score (nSPS) is 10.8. The van der Waals surface area contributed by atoms with Gasteiger partial charge in [-0.1, -0.05) is 25.4 Å². The quantitative estimate of drug-likeness (QED) is 0.868. The first-order valence-electron chi connectivity index (χ1n) is 6.17. The van der Waals surface area contributed by atoms with Crippen LogP contribution >= 0.6 is 27.5 Å². The molecule has 2 aromatic rings. The van der Waals surface area contributed by atoms with Crippen LogP contribution in [-0.4, -0.2) is 15.9 Å². The smallest absolute Gasteiger partial charge is 0.275 e. The van der Waals surface area contributed by atoms with Crippen LogP contribution in [0.4, 0.5) is 10.1 Å². The zero-order valence-electron chi connectivity index (χ0n) is 11.3. The van der Waals surface area contributed by atoms with Gasteiger partial charge in [-0.15, -0.1) is 0 Å². The predicted octanol–water partition coefficient (Wildman–Crippen LogP) is 4.41. The second-order valence-corrected chi connectivity index (χ2v) is 5.92. The van der Waals surface area contributed by atoms with Crippen LogP contribution in [0.3, 0.4) is 0 Å². The highest BCUT2D eigenvalue weighted by Gasteiger charge is 2.16. The third-order valence-electron chi connectivity index (χ3n) is 2.67. The van der Waals surface area contributed by atoms with E-state index in [4.69, 9.17) is 11.6 Å². The number of benzene rings is 1. The summed E-state index contributed by atoms with van der Waals surface area (Å²) in [6.45, 7) is 3.82. The van der Waals surface area contributed by atoms with E-state index in [1.807, 2.05) is 13.8 Å². The second kappa shape index (κ2) is 6.49. The van der Waals surface area contributed by atoms with Crippen LogP contribution < -0.4 is 5.32 Å². The van der Waals surface area contributed by atoms with Gasteiger partial charge in [0.25, 0.3) is 5.91 Å². The van der Waals surface area contributed by atoms with E-state index in [1.54, 1.807) is 0 Å². The fourth-order valence-corrected chi connectivity index (χ4v) is 2.12. The van der Waals surface area contributed by atoms with Crippen molar-refractivity contribution in [3.63, 3.8) is 0 Å². The Hall–Kier alpha value is -1.53. The number of carbonyl (C=O) groups is 1. The van der Waals surface area contributed by atoms with E-state index in [9.17, 15) is 9.18 Å². The van der Waals surface area contributed by atoms with Gasteiger partial charge in [-0.25, -0.2) is 14.4 Å². The van der Waals surface area contributed by atoms with Gasteiger partial charge < -0.3 is 5.32 Å². The lowest BCUT2D eigenvalue weighted by Crippen LogP contribution is -2.16. The van der Waals surface area contributed by atoms with E-state index in [-0.39, 0.29) is 16.6 Å². The third-order valence-corrected chi connectivity index (χ3v) is 3.64. The van der Waals surface area contributed by atoms with Crippen LogP contribution in [0.15, 0.2) is 28.9 Å². The molecule has 1 heterocycles. The Bertz CT molecular complexity index is 694. The van der Waals surface area contributed by atoms with Crippen molar-refractivity contribution in [3.8, 4) is 0 Å². The zero-order valence-corrected chi connectivity index (χ0v) is 13.7. The molecule has 1 amide bonds. The van der Waals surface area contributed by atoms with Crippen molar-refractivity contribution in [1.29, 1.82) is 0 Å². The molecule has 0 unspecified atom stereocenters. The number of rotatable bonds is 3. The van der Waals surface area contributed by atoms with Gasteiger partial charge in [-0.2, -0.15) is 0 Å². The molecule has 0 aliphatic heterocycles. The third kappa shape index (κ3) is 3.77. The minimum atomic E-state index is -0.518. The molecule has 1 N–H and O–H groups in total. The van der Waals surface area contributed by atoms with Gasteiger partial charge in [0.2, 0.25) is 0 Å². The Morgan fingerprint density at radius 2 is 2.14 bits per heavy atom. The number of aromatic nitrogens is 2. The molecule has 0 aliphatic carbocycles. The van der Waals surface area contributed by atoms with Crippen molar-refractivity contribution in [2.24, 2.45) is 0 Å². The molecule has 1 aromatic carbocycles. The van der Waals surface area contributed by atoms with Gasteiger partial charge >= 0.3 is 0 Å². The standard InChI is InChI=1S/C14H12BrClFN3O/c1-7(2)13-18-6-10(16)12(20-13)14(21)19-11-5-8(17)3-4-9(11)15/h3-7H,1-2H3,(H,19,21). The first-order chi connectivity index (χ1) is 9.88. The Morgan fingerprint density at radius 3 is 2.81 bits per heavy atom. The summed E-state index contributed by atoms with van der Waals surface area (Å²) in [6.07, 6.45) is 1.39. The average molecular weight is 373 g/mol. The van der Waals surface area contributed by atoms with E-state index in [0.717, 1.165) is 0 Å². The molecule has 0 spiro atoms. The summed E-state index contributed by atoms with van der Waals surface area (Å²) in [5.74, 6) is -0.390. The monoisotopic (exact) mass is 371 g/mol. The number of nitrogens with one attached hydrogen (secondary N) is 1. The first kappa shape index (κ1) is 15.9. The van der Waals surface area contributed by atoms with Crippen molar-refractivity contribution < 1.29 is 9.18 Å². The van der Waals surface area contributed by atoms with Crippen molar-refractivity contribution in [2.75, 3.05) is 5.32 Å². The molecule has 7 heteroatoms.